The normalized spacial score (nSPS) is 42.4. The number of hydrogen-bond acceptors (Lipinski definition) is 19. The van der Waals surface area contributed by atoms with Gasteiger partial charge in [-0.05, 0) is 116 Å². The fourth-order valence-electron chi connectivity index (χ4n) is 14.5. The first kappa shape index (κ1) is 62.8. The fraction of sp³-hybridized carbons (Fsp3) is 0.808. The number of carboxylic acids is 5. The van der Waals surface area contributed by atoms with Crippen molar-refractivity contribution < 1.29 is 108 Å². The van der Waals surface area contributed by atoms with Crippen molar-refractivity contribution in [3.8, 4) is 0 Å². The number of ketones is 1. The van der Waals surface area contributed by atoms with Crippen LogP contribution in [0.4, 0.5) is 0 Å². The minimum Gasteiger partial charge on any atom is -0.481 e. The van der Waals surface area contributed by atoms with E-state index in [1.54, 1.807) is 0 Å². The van der Waals surface area contributed by atoms with Gasteiger partial charge in [0.2, 0.25) is 11.8 Å². The molecule has 78 heavy (non-hydrogen) atoms. The summed E-state index contributed by atoms with van der Waals surface area (Å²) in [6.07, 6.45) is -12.5. The van der Waals surface area contributed by atoms with E-state index in [-0.39, 0.29) is 53.0 Å². The molecule has 0 bridgehead atoms. The lowest BCUT2D eigenvalue weighted by atomic mass is 9.33. The number of aliphatic hydroxyl groups is 5. The molecule has 7 aliphatic rings. The van der Waals surface area contributed by atoms with Crippen molar-refractivity contribution in [1.29, 1.82) is 0 Å². The third kappa shape index (κ3) is 11.6. The molecule has 440 valence electrons. The molecule has 5 aliphatic carbocycles. The predicted molar refractivity (Wildman–Crippen MR) is 271 cm³/mol. The van der Waals surface area contributed by atoms with E-state index in [9.17, 15) is 79.2 Å². The number of hydrogen-bond donors (Lipinski definition) is 14. The van der Waals surface area contributed by atoms with Crippen LogP contribution in [0, 0.1) is 50.2 Å². The summed E-state index contributed by atoms with van der Waals surface area (Å²) >= 11 is 3.87. The second-order valence-corrected chi connectivity index (χ2v) is 24.9. The zero-order valence-electron chi connectivity index (χ0n) is 44.9. The predicted octanol–water partition coefficient (Wildman–Crippen LogP) is 0.0395. The lowest BCUT2D eigenvalue weighted by Gasteiger charge is -2.70. The highest BCUT2D eigenvalue weighted by atomic mass is 32.1. The SMILES string of the molecule is CC1(C)[C@@H](O[C@H]2O[C@H](C(=O)O)[C@@H](O)[C@H](O)[C@H]2O[C@@H]2O[C@H](C(=O)O)[C@@H](O)[C@H](O)[C@H]2O)CC[C@]2(C)[C@H]3C(=O)C=C4[C@@H]5C[C@@](C)(C(=O)O)CC[C@]5(C)CC[C@@]4(C)[C@]3(C)CC[C@@H]12.N[C@H](CCC(=O)N[C@@H](CS)C(=O)NCC(=O)O)C(=O)O. The molecule has 14 N–H and O–H groups in total. The van der Waals surface area contributed by atoms with Crippen LogP contribution in [0.1, 0.15) is 119 Å². The van der Waals surface area contributed by atoms with Gasteiger partial charge >= 0.3 is 29.8 Å². The summed E-state index contributed by atoms with van der Waals surface area (Å²) in [5, 5.41) is 104. The smallest absolute Gasteiger partial charge is 0.335 e. The summed E-state index contributed by atoms with van der Waals surface area (Å²) in [7, 11) is 0. The fourth-order valence-corrected chi connectivity index (χ4v) is 14.8. The van der Waals surface area contributed by atoms with Gasteiger partial charge in [0, 0.05) is 18.1 Å². The van der Waals surface area contributed by atoms with Crippen molar-refractivity contribution in [2.75, 3.05) is 12.3 Å². The quantitative estimate of drug-likeness (QED) is 0.0716. The number of carboxylic acid groups (broad SMARTS) is 5. The van der Waals surface area contributed by atoms with Crippen molar-refractivity contribution >= 4 is 60.1 Å². The number of carbonyl (C=O) groups is 8. The van der Waals surface area contributed by atoms with E-state index in [2.05, 4.69) is 51.0 Å². The molecule has 0 spiro atoms. The Bertz CT molecular complexity index is 2370. The number of nitrogens with one attached hydrogen (secondary N) is 2. The first-order chi connectivity index (χ1) is 36.0. The van der Waals surface area contributed by atoms with Crippen LogP contribution < -0.4 is 16.4 Å². The largest absolute Gasteiger partial charge is 0.481 e. The molecule has 21 atom stereocenters. The molecule has 26 heteroatoms. The highest BCUT2D eigenvalue weighted by molar-refractivity contribution is 7.80. The number of fused-ring (bicyclic) bond motifs is 7. The van der Waals surface area contributed by atoms with Crippen molar-refractivity contribution in [3.05, 3.63) is 11.6 Å². The highest BCUT2D eigenvalue weighted by Crippen LogP contribution is 2.75. The summed E-state index contributed by atoms with van der Waals surface area (Å²) in [5.41, 5.74) is 3.42. The van der Waals surface area contributed by atoms with Gasteiger partial charge in [0.1, 0.15) is 55.3 Å². The van der Waals surface area contributed by atoms with Crippen LogP contribution >= 0.6 is 12.6 Å². The van der Waals surface area contributed by atoms with Gasteiger partial charge in [0.15, 0.2) is 30.6 Å². The highest BCUT2D eigenvalue weighted by Gasteiger charge is 2.71. The zero-order chi connectivity index (χ0) is 58.6. The molecule has 0 aromatic rings. The van der Waals surface area contributed by atoms with E-state index >= 15 is 0 Å². The Hall–Kier alpha value is -4.35. The second kappa shape index (κ2) is 23.3. The van der Waals surface area contributed by atoms with E-state index in [1.807, 2.05) is 26.8 Å². The monoisotopic (exact) mass is 1130 g/mol. The molecular formula is C52H79N3O22S. The molecule has 0 aromatic heterocycles. The number of aliphatic carboxylic acids is 5. The average Bonchev–Trinajstić information content (AvgIpc) is 3.39. The van der Waals surface area contributed by atoms with Crippen LogP contribution in [0.3, 0.4) is 0 Å². The lowest BCUT2D eigenvalue weighted by Crippen LogP contribution is -2.68. The standard InChI is InChI=1S/C42H62O16.C10H17N3O6S/c1-37(2)21-8-11-42(7)31(20(43)16-18-19-17-39(4,36(53)54)13-12-38(19,3)14-15-41(18,42)6)40(21,5)10-9-22(37)55-35-30(26(47)25(46)29(57-35)33(51)52)58-34-27(48)23(44)24(45)28(56-34)32(49)50;11-5(10(18)19)1-2-7(14)13-6(4-20)9(17)12-3-8(15)16/h16,19,21-31,34-35,44-48H,8-15,17H2,1-7H3,(H,49,50)(H,51,52)(H,53,54);5-6,20H,1-4,11H2,(H,12,17)(H,13,14)(H,15,16)(H,18,19)/t19-,21-,22-,23-,24-,25-,26-,27+,28-,29-,30+,31+,34-,35-,38+,39-,40-,41+,42+;5-,6+/m01/s1. The molecule has 7 rings (SSSR count). The maximum absolute atomic E-state index is 14.8. The minimum atomic E-state index is -2.05. The topological polar surface area (TPSA) is 426 Å². The van der Waals surface area contributed by atoms with Gasteiger partial charge in [-0.2, -0.15) is 12.6 Å². The van der Waals surface area contributed by atoms with Crippen molar-refractivity contribution in [1.82, 2.24) is 10.6 Å². The summed E-state index contributed by atoms with van der Waals surface area (Å²) in [6, 6.07) is -2.15. The number of thiol groups is 1. The maximum Gasteiger partial charge on any atom is 0.335 e. The number of carbonyl (C=O) groups excluding carboxylic acids is 3. The number of ether oxygens (including phenoxy) is 4. The van der Waals surface area contributed by atoms with Crippen molar-refractivity contribution in [3.63, 3.8) is 0 Å². The van der Waals surface area contributed by atoms with Crippen molar-refractivity contribution in [2.45, 2.75) is 199 Å². The molecule has 0 radical (unpaired) electrons. The number of rotatable bonds is 16. The van der Waals surface area contributed by atoms with Gasteiger partial charge in [-0.25, -0.2) is 9.59 Å². The van der Waals surface area contributed by atoms with Crippen molar-refractivity contribution in [2.24, 2.45) is 56.0 Å². The molecular weight excluding hydrogens is 1050 g/mol. The van der Waals surface area contributed by atoms with Gasteiger partial charge in [-0.3, -0.25) is 28.8 Å². The molecule has 0 aromatic carbocycles. The van der Waals surface area contributed by atoms with Crippen LogP contribution in [0.15, 0.2) is 11.6 Å². The van der Waals surface area contributed by atoms with Crippen LogP contribution in [-0.4, -0.2) is 190 Å². The molecule has 2 saturated heterocycles. The number of aliphatic hydroxyl groups excluding tert-OH is 5. The van der Waals surface area contributed by atoms with Gasteiger partial charge in [-0.15, -0.1) is 0 Å². The van der Waals surface area contributed by atoms with Gasteiger partial charge in [0.05, 0.1) is 11.5 Å². The Labute approximate surface area is 456 Å². The van der Waals surface area contributed by atoms with Crippen LogP contribution in [0.2, 0.25) is 0 Å². The average molecular weight is 1130 g/mol. The van der Waals surface area contributed by atoms with E-state index < -0.39 is 149 Å². The van der Waals surface area contributed by atoms with E-state index in [1.165, 1.54) is 0 Å². The lowest BCUT2D eigenvalue weighted by molar-refractivity contribution is -0.371. The van der Waals surface area contributed by atoms with Gasteiger partial charge in [0.25, 0.3) is 0 Å². The Morgan fingerprint density at radius 2 is 1.35 bits per heavy atom. The Balaban J connectivity index is 0.000000418. The van der Waals surface area contributed by atoms with Crippen LogP contribution in [0.5, 0.6) is 0 Å². The summed E-state index contributed by atoms with van der Waals surface area (Å²) in [5.74, 6) is -8.17. The third-order valence-electron chi connectivity index (χ3n) is 19.5. The molecule has 2 aliphatic heterocycles. The number of amides is 2. The second-order valence-electron chi connectivity index (χ2n) is 24.5. The molecule has 6 fully saturated rings. The maximum atomic E-state index is 14.8. The van der Waals surface area contributed by atoms with E-state index in [0.717, 1.165) is 37.7 Å². The Morgan fingerprint density at radius 3 is 1.91 bits per heavy atom. The summed E-state index contributed by atoms with van der Waals surface area (Å²) in [6.45, 7) is 14.3. The first-order valence-electron chi connectivity index (χ1n) is 26.4. The molecule has 4 saturated carbocycles. The molecule has 0 unspecified atom stereocenters. The summed E-state index contributed by atoms with van der Waals surface area (Å²) < 4.78 is 23.4. The molecule has 2 heterocycles. The van der Waals surface area contributed by atoms with Gasteiger partial charge in [-0.1, -0.05) is 47.1 Å². The van der Waals surface area contributed by atoms with Crippen LogP contribution in [0.25, 0.3) is 0 Å². The molecule has 2 amide bonds. The minimum absolute atomic E-state index is 0.0217. The third-order valence-corrected chi connectivity index (χ3v) is 19.8. The summed E-state index contributed by atoms with van der Waals surface area (Å²) in [4.78, 5) is 95.0. The zero-order valence-corrected chi connectivity index (χ0v) is 45.8. The number of allylic oxidation sites excluding steroid dienone is 2. The van der Waals surface area contributed by atoms with Crippen LogP contribution in [-0.2, 0) is 57.3 Å². The first-order valence-corrected chi connectivity index (χ1v) is 27.0. The Morgan fingerprint density at radius 1 is 0.756 bits per heavy atom. The van der Waals surface area contributed by atoms with E-state index in [0.29, 0.717) is 25.7 Å². The number of nitrogens with two attached hydrogens (primary N) is 1. The van der Waals surface area contributed by atoms with Gasteiger partial charge < -0.3 is 86.4 Å². The van der Waals surface area contributed by atoms with E-state index in [4.69, 9.17) is 34.9 Å². The molecule has 25 nitrogen and oxygen atoms in total. The Kier molecular flexibility index (Phi) is 18.7.